The number of aliphatic hydroxyl groups is 1. The van der Waals surface area contributed by atoms with E-state index in [1.54, 1.807) is 48.6 Å². The summed E-state index contributed by atoms with van der Waals surface area (Å²) in [5, 5.41) is 13.9. The lowest BCUT2D eigenvalue weighted by atomic mass is 9.70. The molecule has 0 aromatic heterocycles. The van der Waals surface area contributed by atoms with Crippen LogP contribution in [0.3, 0.4) is 0 Å². The van der Waals surface area contributed by atoms with Gasteiger partial charge < -0.3 is 29.7 Å². The number of halogens is 2. The molecule has 1 unspecified atom stereocenters. The topological polar surface area (TPSA) is 125 Å². The van der Waals surface area contributed by atoms with Gasteiger partial charge in [-0.1, -0.05) is 96.0 Å². The van der Waals surface area contributed by atoms with Crippen LogP contribution in [0.5, 0.6) is 0 Å². The maximum absolute atomic E-state index is 14.9. The van der Waals surface area contributed by atoms with E-state index in [0.29, 0.717) is 29.1 Å². The van der Waals surface area contributed by atoms with Gasteiger partial charge in [0.05, 0.1) is 47.8 Å². The third-order valence-corrected chi connectivity index (χ3v) is 11.0. The maximum Gasteiger partial charge on any atom is 0.313 e. The summed E-state index contributed by atoms with van der Waals surface area (Å²) in [5.74, 6) is -3.81. The van der Waals surface area contributed by atoms with Gasteiger partial charge in [0.15, 0.2) is 0 Å². The number of allylic oxidation sites excluding steroid dienone is 1. The zero-order valence-electron chi connectivity index (χ0n) is 28.4. The zero-order chi connectivity index (χ0) is 36.2. The summed E-state index contributed by atoms with van der Waals surface area (Å²) in [6, 6.07) is 14.1. The summed E-state index contributed by atoms with van der Waals surface area (Å²) in [7, 11) is 0. The predicted molar refractivity (Wildman–Crippen MR) is 195 cm³/mol. The number of para-hydroxylation sites is 1. The number of anilines is 1. The summed E-state index contributed by atoms with van der Waals surface area (Å²) in [5.41, 5.74) is -0.290. The number of fused-ring (bicyclic) bond motifs is 1. The molecule has 2 aromatic carbocycles. The maximum atomic E-state index is 14.9. The van der Waals surface area contributed by atoms with Crippen LogP contribution >= 0.6 is 27.5 Å². The van der Waals surface area contributed by atoms with Crippen LogP contribution in [0.4, 0.5) is 5.69 Å². The summed E-state index contributed by atoms with van der Waals surface area (Å²) in [6.07, 6.45) is 3.06. The molecule has 0 radical (unpaired) electrons. The fraction of sp³-hybridized carbons (Fsp3) is 0.474. The number of amides is 3. The highest BCUT2D eigenvalue weighted by molar-refractivity contribution is 9.09. The summed E-state index contributed by atoms with van der Waals surface area (Å²) in [4.78, 5) is 59.1. The number of ether oxygens (including phenoxy) is 2. The van der Waals surface area contributed by atoms with Gasteiger partial charge in [0.1, 0.15) is 17.7 Å². The van der Waals surface area contributed by atoms with Crippen molar-refractivity contribution < 1.29 is 33.8 Å². The van der Waals surface area contributed by atoms with Gasteiger partial charge in [-0.15, -0.1) is 13.2 Å². The van der Waals surface area contributed by atoms with Gasteiger partial charge in [-0.2, -0.15) is 0 Å². The average Bonchev–Trinajstić information content (AvgIpc) is 3.70. The molecule has 12 heteroatoms. The molecule has 3 aliphatic heterocycles. The van der Waals surface area contributed by atoms with Crippen LogP contribution in [0.25, 0.3) is 0 Å². The molecule has 0 aliphatic carbocycles. The molecule has 3 amide bonds. The van der Waals surface area contributed by atoms with Crippen LogP contribution in [0.1, 0.15) is 51.2 Å². The van der Waals surface area contributed by atoms with Gasteiger partial charge in [-0.25, -0.2) is 0 Å². The third kappa shape index (κ3) is 7.28. The van der Waals surface area contributed by atoms with Gasteiger partial charge in [0.2, 0.25) is 11.8 Å². The lowest BCUT2D eigenvalue weighted by Gasteiger charge is -2.40. The molecule has 0 saturated carbocycles. The number of carbonyl (C=O) groups excluding carboxylic acids is 4. The SMILES string of the molecule is C=CCCC(=O)NC[C@@H](OC(=O)[C@@H]1[C@H]2O[C@@]3(CC2Br)[C@H](C(=O)N(CC=C)c2ccccc2Cl)N([C@@H](CO)CC(C)C)C(=O)[C@@H]13)c1ccccc1. The Morgan fingerprint density at radius 3 is 2.50 bits per heavy atom. The number of nitrogens with one attached hydrogen (secondary N) is 1. The number of likely N-dealkylation sites (tertiary alicyclic amines) is 1. The summed E-state index contributed by atoms with van der Waals surface area (Å²) >= 11 is 10.3. The first-order valence-electron chi connectivity index (χ1n) is 17.0. The first kappa shape index (κ1) is 37.7. The zero-order valence-corrected chi connectivity index (χ0v) is 30.7. The highest BCUT2D eigenvalue weighted by Gasteiger charge is 2.77. The largest absolute Gasteiger partial charge is 0.455 e. The van der Waals surface area contributed by atoms with Crippen molar-refractivity contribution >= 4 is 56.9 Å². The van der Waals surface area contributed by atoms with Crippen molar-refractivity contribution in [1.82, 2.24) is 10.2 Å². The molecule has 3 fully saturated rings. The van der Waals surface area contributed by atoms with Crippen molar-refractivity contribution in [1.29, 1.82) is 0 Å². The van der Waals surface area contributed by atoms with E-state index < -0.39 is 59.5 Å². The van der Waals surface area contributed by atoms with E-state index in [0.717, 1.165) is 0 Å². The van der Waals surface area contributed by atoms with Crippen molar-refractivity contribution in [2.24, 2.45) is 17.8 Å². The monoisotopic (exact) mass is 769 g/mol. The number of nitrogens with zero attached hydrogens (tertiary/aromatic N) is 2. The van der Waals surface area contributed by atoms with E-state index >= 15 is 0 Å². The number of benzene rings is 2. The van der Waals surface area contributed by atoms with Crippen LogP contribution in [0, 0.1) is 17.8 Å². The van der Waals surface area contributed by atoms with E-state index in [9.17, 15) is 24.3 Å². The predicted octanol–water partition coefficient (Wildman–Crippen LogP) is 5.38. The van der Waals surface area contributed by atoms with Gasteiger partial charge in [0.25, 0.3) is 5.91 Å². The minimum absolute atomic E-state index is 0.0219. The van der Waals surface area contributed by atoms with Crippen LogP contribution in [-0.4, -0.2) is 82.0 Å². The second kappa shape index (κ2) is 16.2. The molecule has 3 saturated heterocycles. The van der Waals surface area contributed by atoms with E-state index in [1.807, 2.05) is 32.0 Å². The summed E-state index contributed by atoms with van der Waals surface area (Å²) < 4.78 is 12.9. The van der Waals surface area contributed by atoms with Crippen LogP contribution in [0.2, 0.25) is 5.02 Å². The Labute approximate surface area is 306 Å². The highest BCUT2D eigenvalue weighted by Crippen LogP contribution is 2.61. The Hall–Kier alpha value is -3.51. The molecule has 2 bridgehead atoms. The van der Waals surface area contributed by atoms with Crippen molar-refractivity contribution in [3.63, 3.8) is 0 Å². The fourth-order valence-corrected chi connectivity index (χ4v) is 8.91. The number of hydrogen-bond donors (Lipinski definition) is 2. The quantitative estimate of drug-likeness (QED) is 0.134. The van der Waals surface area contributed by atoms with Gasteiger partial charge in [0, 0.05) is 17.8 Å². The van der Waals surface area contributed by atoms with E-state index in [1.165, 1.54) is 9.80 Å². The molecule has 268 valence electrons. The van der Waals surface area contributed by atoms with Gasteiger partial charge in [-0.3, -0.25) is 19.2 Å². The fourth-order valence-electron chi connectivity index (χ4n) is 7.73. The Morgan fingerprint density at radius 1 is 1.16 bits per heavy atom. The molecular formula is C38H45BrClN3O7. The molecule has 5 rings (SSSR count). The normalized spacial score (nSPS) is 26.3. The van der Waals surface area contributed by atoms with Gasteiger partial charge >= 0.3 is 5.97 Å². The molecule has 3 aliphatic rings. The number of esters is 1. The highest BCUT2D eigenvalue weighted by atomic mass is 79.9. The third-order valence-electron chi connectivity index (χ3n) is 9.79. The smallest absolute Gasteiger partial charge is 0.313 e. The van der Waals surface area contributed by atoms with Crippen molar-refractivity contribution in [3.8, 4) is 0 Å². The lowest BCUT2D eigenvalue weighted by molar-refractivity contribution is -0.161. The van der Waals surface area contributed by atoms with Crippen molar-refractivity contribution in [2.75, 3.05) is 24.6 Å². The number of alkyl halides is 1. The minimum atomic E-state index is -1.40. The Morgan fingerprint density at radius 2 is 1.86 bits per heavy atom. The standard InChI is InChI=1S/C38H45BrClN3O7/c1-5-7-17-30(45)41-21-29(24-13-9-8-10-14-24)49-37(48)31-32-35(46)43(25(22-44)19-23(3)4)34(38(32)20-26(39)33(31)50-38)36(47)42(18-6-2)28-16-12-11-15-27(28)40/h5-6,8-16,23,25-26,29,31-34,44H,1-2,7,17-22H2,3-4H3,(H,41,45)/t25-,26?,29-,31+,32-,33+,34+,38-/m1/s1. The molecule has 50 heavy (non-hydrogen) atoms. The number of carbonyl (C=O) groups is 4. The second-order valence-electron chi connectivity index (χ2n) is 13.5. The minimum Gasteiger partial charge on any atom is -0.455 e. The first-order valence-corrected chi connectivity index (χ1v) is 18.3. The Balaban J connectivity index is 1.54. The number of hydrogen-bond acceptors (Lipinski definition) is 7. The Kier molecular flexibility index (Phi) is 12.2. The van der Waals surface area contributed by atoms with E-state index in [4.69, 9.17) is 21.1 Å². The van der Waals surface area contributed by atoms with Crippen molar-refractivity contribution in [3.05, 3.63) is 90.5 Å². The molecule has 2 N–H and O–H groups in total. The molecule has 1 spiro atoms. The van der Waals surface area contributed by atoms with Crippen LogP contribution in [-0.2, 0) is 28.7 Å². The molecule has 3 heterocycles. The number of rotatable bonds is 16. The van der Waals surface area contributed by atoms with Gasteiger partial charge in [-0.05, 0) is 42.9 Å². The van der Waals surface area contributed by atoms with E-state index in [-0.39, 0.29) is 49.2 Å². The lowest BCUT2D eigenvalue weighted by Crippen LogP contribution is -2.59. The molecule has 8 atom stereocenters. The first-order chi connectivity index (χ1) is 24.0. The molecule has 2 aromatic rings. The van der Waals surface area contributed by atoms with Crippen LogP contribution < -0.4 is 10.2 Å². The Bertz CT molecular complexity index is 1590. The van der Waals surface area contributed by atoms with Crippen LogP contribution in [0.15, 0.2) is 79.9 Å². The summed E-state index contributed by atoms with van der Waals surface area (Å²) in [6.45, 7) is 11.2. The second-order valence-corrected chi connectivity index (χ2v) is 15.1. The molecular weight excluding hydrogens is 726 g/mol. The molecule has 10 nitrogen and oxygen atoms in total. The average molecular weight is 771 g/mol. The van der Waals surface area contributed by atoms with E-state index in [2.05, 4.69) is 34.4 Å². The van der Waals surface area contributed by atoms with Crippen molar-refractivity contribution in [2.45, 2.75) is 74.3 Å². The number of aliphatic hydroxyl groups excluding tert-OH is 1.